The van der Waals surface area contributed by atoms with Crippen LogP contribution in [0.2, 0.25) is 0 Å². The summed E-state index contributed by atoms with van der Waals surface area (Å²) in [6.07, 6.45) is 8.55. The fourth-order valence-electron chi connectivity index (χ4n) is 4.41. The highest BCUT2D eigenvalue weighted by Gasteiger charge is 2.42. The van der Waals surface area contributed by atoms with Crippen molar-refractivity contribution in [3.05, 3.63) is 42.5 Å². The van der Waals surface area contributed by atoms with Crippen molar-refractivity contribution in [2.24, 2.45) is 17.8 Å². The van der Waals surface area contributed by atoms with Gasteiger partial charge in [0.15, 0.2) is 0 Å². The molecular weight excluding hydrogens is 288 g/mol. The summed E-state index contributed by atoms with van der Waals surface area (Å²) in [5.41, 5.74) is 1.60. The molecule has 2 aromatic rings. The van der Waals surface area contributed by atoms with Crippen LogP contribution in [-0.4, -0.2) is 26.7 Å². The molecule has 0 radical (unpaired) electrons. The predicted molar refractivity (Wildman–Crippen MR) is 87.2 cm³/mol. The molecule has 0 saturated heterocycles. The van der Waals surface area contributed by atoms with Gasteiger partial charge in [-0.3, -0.25) is 4.79 Å². The molecule has 2 saturated carbocycles. The molecule has 5 heteroatoms. The molecule has 4 rings (SSSR count). The lowest BCUT2D eigenvalue weighted by atomic mass is 9.84. The summed E-state index contributed by atoms with van der Waals surface area (Å²) in [4.78, 5) is 16.4. The number of nitrogens with zero attached hydrogens (tertiary/aromatic N) is 3. The summed E-state index contributed by atoms with van der Waals surface area (Å²) in [5, 5.41) is 7.29. The molecular formula is C18H22N4O. The molecule has 0 aliphatic heterocycles. The van der Waals surface area contributed by atoms with Gasteiger partial charge in [0, 0.05) is 11.6 Å². The monoisotopic (exact) mass is 310 g/mol. The first-order valence-electron chi connectivity index (χ1n) is 8.46. The molecule has 1 heterocycles. The molecule has 1 N–H and O–H groups in total. The fraction of sp³-hybridized carbons (Fsp3) is 0.500. The van der Waals surface area contributed by atoms with Crippen molar-refractivity contribution in [3.63, 3.8) is 0 Å². The number of benzene rings is 1. The summed E-state index contributed by atoms with van der Waals surface area (Å²) < 4.78 is 1.68. The van der Waals surface area contributed by atoms with Crippen molar-refractivity contribution in [1.29, 1.82) is 0 Å². The molecule has 2 aliphatic carbocycles. The topological polar surface area (TPSA) is 59.8 Å². The molecule has 2 aliphatic rings. The highest BCUT2D eigenvalue weighted by Crippen LogP contribution is 2.49. The quantitative estimate of drug-likeness (QED) is 0.944. The van der Waals surface area contributed by atoms with Crippen molar-refractivity contribution < 1.29 is 4.79 Å². The maximum atomic E-state index is 12.5. The zero-order chi connectivity index (χ0) is 15.8. The van der Waals surface area contributed by atoms with E-state index in [0.717, 1.165) is 17.5 Å². The highest BCUT2D eigenvalue weighted by atomic mass is 16.1. The normalized spacial score (nSPS) is 27.1. The van der Waals surface area contributed by atoms with Crippen molar-refractivity contribution in [3.8, 4) is 5.69 Å². The van der Waals surface area contributed by atoms with Crippen LogP contribution in [-0.2, 0) is 0 Å². The van der Waals surface area contributed by atoms with Crippen molar-refractivity contribution >= 4 is 5.91 Å². The number of aromatic nitrogens is 3. The van der Waals surface area contributed by atoms with E-state index in [-0.39, 0.29) is 11.9 Å². The molecule has 2 bridgehead atoms. The third-order valence-electron chi connectivity index (χ3n) is 5.61. The molecule has 4 atom stereocenters. The molecule has 0 spiro atoms. The average molecular weight is 310 g/mol. The Balaban J connectivity index is 1.41. The lowest BCUT2D eigenvalue weighted by Crippen LogP contribution is -2.40. The van der Waals surface area contributed by atoms with E-state index in [1.807, 2.05) is 24.3 Å². The van der Waals surface area contributed by atoms with Crippen molar-refractivity contribution in [2.45, 2.75) is 38.6 Å². The Bertz CT molecular complexity index is 680. The van der Waals surface area contributed by atoms with Gasteiger partial charge in [-0.1, -0.05) is 6.42 Å². The lowest BCUT2D eigenvalue weighted by molar-refractivity contribution is 0.0915. The molecule has 4 unspecified atom stereocenters. The van der Waals surface area contributed by atoms with Gasteiger partial charge >= 0.3 is 0 Å². The van der Waals surface area contributed by atoms with Crippen molar-refractivity contribution in [2.75, 3.05) is 0 Å². The third-order valence-corrected chi connectivity index (χ3v) is 5.61. The third kappa shape index (κ3) is 2.76. The van der Waals surface area contributed by atoms with Crippen LogP contribution in [0.1, 0.15) is 43.0 Å². The molecule has 1 amide bonds. The molecule has 5 nitrogen and oxygen atoms in total. The van der Waals surface area contributed by atoms with E-state index in [0.29, 0.717) is 11.5 Å². The number of hydrogen-bond acceptors (Lipinski definition) is 3. The molecule has 1 aromatic heterocycles. The number of hydrogen-bond donors (Lipinski definition) is 1. The number of carbonyl (C=O) groups is 1. The highest BCUT2D eigenvalue weighted by molar-refractivity contribution is 5.94. The Morgan fingerprint density at radius 1 is 1.26 bits per heavy atom. The molecule has 1 aromatic carbocycles. The first-order valence-corrected chi connectivity index (χ1v) is 8.46. The van der Waals surface area contributed by atoms with E-state index in [1.165, 1.54) is 32.0 Å². The van der Waals surface area contributed by atoms with Gasteiger partial charge in [-0.2, -0.15) is 5.10 Å². The average Bonchev–Trinajstić information content (AvgIpc) is 3.32. The summed E-state index contributed by atoms with van der Waals surface area (Å²) in [5.74, 6) is 2.41. The van der Waals surface area contributed by atoms with Crippen molar-refractivity contribution in [1.82, 2.24) is 20.1 Å². The van der Waals surface area contributed by atoms with Crippen LogP contribution in [0.5, 0.6) is 0 Å². The molecule has 23 heavy (non-hydrogen) atoms. The summed E-state index contributed by atoms with van der Waals surface area (Å²) in [7, 11) is 0. The van der Waals surface area contributed by atoms with E-state index < -0.39 is 0 Å². The van der Waals surface area contributed by atoms with E-state index >= 15 is 0 Å². The Kier molecular flexibility index (Phi) is 3.63. The minimum atomic E-state index is 0.0189. The summed E-state index contributed by atoms with van der Waals surface area (Å²) in [6, 6.07) is 7.74. The van der Waals surface area contributed by atoms with E-state index in [9.17, 15) is 4.79 Å². The largest absolute Gasteiger partial charge is 0.349 e. The van der Waals surface area contributed by atoms with Gasteiger partial charge in [0.05, 0.1) is 5.69 Å². The molecule has 120 valence electrons. The lowest BCUT2D eigenvalue weighted by Gasteiger charge is -2.28. The van der Waals surface area contributed by atoms with Crippen LogP contribution in [0.15, 0.2) is 36.9 Å². The first kappa shape index (κ1) is 14.4. The maximum absolute atomic E-state index is 12.5. The van der Waals surface area contributed by atoms with Gasteiger partial charge in [-0.25, -0.2) is 9.67 Å². The fourth-order valence-corrected chi connectivity index (χ4v) is 4.41. The summed E-state index contributed by atoms with van der Waals surface area (Å²) in [6.45, 7) is 2.16. The van der Waals surface area contributed by atoms with Crippen LogP contribution >= 0.6 is 0 Å². The zero-order valence-corrected chi connectivity index (χ0v) is 13.4. The van der Waals surface area contributed by atoms with Crippen LogP contribution in [0, 0.1) is 17.8 Å². The number of amides is 1. The summed E-state index contributed by atoms with van der Waals surface area (Å²) >= 11 is 0. The standard InChI is InChI=1S/C18H22N4O/c1-12(17-9-13-2-3-15(17)8-13)21-18(23)14-4-6-16(7-5-14)22-11-19-10-20-22/h4-7,10-13,15,17H,2-3,8-9H2,1H3,(H,21,23). The maximum Gasteiger partial charge on any atom is 0.251 e. The van der Waals surface area contributed by atoms with Gasteiger partial charge < -0.3 is 5.32 Å². The second kappa shape index (κ2) is 5.80. The second-order valence-electron chi connectivity index (χ2n) is 6.99. The Hall–Kier alpha value is -2.17. The number of carbonyl (C=O) groups excluding carboxylic acids is 1. The first-order chi connectivity index (χ1) is 11.2. The van der Waals surface area contributed by atoms with Gasteiger partial charge in [-0.05, 0) is 68.2 Å². The van der Waals surface area contributed by atoms with Gasteiger partial charge in [0.1, 0.15) is 12.7 Å². The van der Waals surface area contributed by atoms with E-state index in [1.54, 1.807) is 11.0 Å². The van der Waals surface area contributed by atoms with Crippen LogP contribution < -0.4 is 5.32 Å². The minimum Gasteiger partial charge on any atom is -0.349 e. The zero-order valence-electron chi connectivity index (χ0n) is 13.4. The SMILES string of the molecule is CC(NC(=O)c1ccc(-n2cncn2)cc1)C1CC2CCC1C2. The second-order valence-corrected chi connectivity index (χ2v) is 6.99. The smallest absolute Gasteiger partial charge is 0.251 e. The Labute approximate surface area is 136 Å². The number of rotatable bonds is 4. The Morgan fingerprint density at radius 2 is 2.09 bits per heavy atom. The van der Waals surface area contributed by atoms with Crippen LogP contribution in [0.3, 0.4) is 0 Å². The minimum absolute atomic E-state index is 0.0189. The predicted octanol–water partition coefficient (Wildman–Crippen LogP) is 2.82. The van der Waals surface area contributed by atoms with Gasteiger partial charge in [0.2, 0.25) is 0 Å². The van der Waals surface area contributed by atoms with Crippen LogP contribution in [0.4, 0.5) is 0 Å². The van der Waals surface area contributed by atoms with Gasteiger partial charge in [-0.15, -0.1) is 0 Å². The Morgan fingerprint density at radius 3 is 2.70 bits per heavy atom. The van der Waals surface area contributed by atoms with E-state index in [2.05, 4.69) is 22.3 Å². The molecule has 2 fully saturated rings. The van der Waals surface area contributed by atoms with E-state index in [4.69, 9.17) is 0 Å². The van der Waals surface area contributed by atoms with Gasteiger partial charge in [0.25, 0.3) is 5.91 Å². The van der Waals surface area contributed by atoms with Crippen LogP contribution in [0.25, 0.3) is 5.69 Å². The number of nitrogens with one attached hydrogen (secondary N) is 1. The number of fused-ring (bicyclic) bond motifs is 2.